The summed E-state index contributed by atoms with van der Waals surface area (Å²) in [5.74, 6) is 0.906. The zero-order valence-corrected chi connectivity index (χ0v) is 12.2. The van der Waals surface area contributed by atoms with Crippen molar-refractivity contribution in [3.8, 4) is 0 Å². The van der Waals surface area contributed by atoms with Gasteiger partial charge in [0.2, 0.25) is 11.8 Å². The van der Waals surface area contributed by atoms with Crippen LogP contribution in [0.3, 0.4) is 0 Å². The summed E-state index contributed by atoms with van der Waals surface area (Å²) in [7, 11) is 0. The highest BCUT2D eigenvalue weighted by Gasteiger charge is 2.53. The molecule has 1 saturated carbocycles. The molecule has 0 aromatic carbocycles. The van der Waals surface area contributed by atoms with Crippen LogP contribution in [-0.4, -0.2) is 45.8 Å². The van der Waals surface area contributed by atoms with Crippen LogP contribution in [0.2, 0.25) is 0 Å². The Bertz CT molecular complexity index is 414. The molecule has 0 aromatic heterocycles. The lowest BCUT2D eigenvalue weighted by molar-refractivity contribution is -0.170. The molecule has 2 unspecified atom stereocenters. The van der Waals surface area contributed by atoms with Crippen molar-refractivity contribution >= 4 is 11.8 Å². The fraction of sp³-hybridized carbons (Fsp3) is 0.867. The molecule has 19 heavy (non-hydrogen) atoms. The SMILES string of the molecule is CC1C(=O)N2CCCCC2C(=O)N1C(C)(C)C1CC1. The second-order valence-electron chi connectivity index (χ2n) is 6.86. The van der Waals surface area contributed by atoms with E-state index in [4.69, 9.17) is 0 Å². The van der Waals surface area contributed by atoms with E-state index in [9.17, 15) is 9.59 Å². The minimum absolute atomic E-state index is 0.151. The van der Waals surface area contributed by atoms with E-state index in [1.807, 2.05) is 16.7 Å². The molecule has 2 aliphatic heterocycles. The summed E-state index contributed by atoms with van der Waals surface area (Å²) >= 11 is 0. The zero-order chi connectivity index (χ0) is 13.8. The van der Waals surface area contributed by atoms with Crippen LogP contribution in [0.15, 0.2) is 0 Å². The molecule has 0 bridgehead atoms. The number of hydrogen-bond acceptors (Lipinski definition) is 2. The second-order valence-corrected chi connectivity index (χ2v) is 6.86. The Balaban J connectivity index is 1.91. The number of nitrogens with zero attached hydrogens (tertiary/aromatic N) is 2. The summed E-state index contributed by atoms with van der Waals surface area (Å²) in [5.41, 5.74) is -0.171. The third-order valence-electron chi connectivity index (χ3n) is 5.25. The van der Waals surface area contributed by atoms with Gasteiger partial charge in [0.05, 0.1) is 0 Å². The van der Waals surface area contributed by atoms with Gasteiger partial charge in [0.25, 0.3) is 0 Å². The maximum Gasteiger partial charge on any atom is 0.246 e. The van der Waals surface area contributed by atoms with E-state index in [2.05, 4.69) is 13.8 Å². The predicted octanol–water partition coefficient (Wildman–Crippen LogP) is 1.79. The highest BCUT2D eigenvalue weighted by Crippen LogP contribution is 2.45. The number of hydrogen-bond donors (Lipinski definition) is 0. The van der Waals surface area contributed by atoms with Crippen LogP contribution in [-0.2, 0) is 9.59 Å². The number of rotatable bonds is 2. The third-order valence-corrected chi connectivity index (χ3v) is 5.25. The van der Waals surface area contributed by atoms with Crippen LogP contribution in [0.1, 0.15) is 52.9 Å². The molecule has 4 nitrogen and oxygen atoms in total. The summed E-state index contributed by atoms with van der Waals surface area (Å²) in [4.78, 5) is 29.1. The van der Waals surface area contributed by atoms with Gasteiger partial charge in [0, 0.05) is 12.1 Å². The van der Waals surface area contributed by atoms with Gasteiger partial charge in [-0.05, 0) is 58.8 Å². The number of piperidine rings is 1. The van der Waals surface area contributed by atoms with Crippen molar-refractivity contribution in [2.24, 2.45) is 5.92 Å². The van der Waals surface area contributed by atoms with E-state index in [0.29, 0.717) is 5.92 Å². The van der Waals surface area contributed by atoms with Gasteiger partial charge in [0.15, 0.2) is 0 Å². The topological polar surface area (TPSA) is 40.6 Å². The first-order chi connectivity index (χ1) is 8.94. The van der Waals surface area contributed by atoms with Gasteiger partial charge in [0.1, 0.15) is 12.1 Å². The van der Waals surface area contributed by atoms with Crippen molar-refractivity contribution in [3.05, 3.63) is 0 Å². The quantitative estimate of drug-likeness (QED) is 0.763. The minimum atomic E-state index is -0.294. The van der Waals surface area contributed by atoms with E-state index < -0.39 is 0 Å². The lowest BCUT2D eigenvalue weighted by Crippen LogP contribution is -2.69. The standard InChI is InChI=1S/C15H24N2O2/c1-10-13(18)16-9-5-4-6-12(16)14(19)17(10)15(2,3)11-7-8-11/h10-12H,4-9H2,1-3H3. The monoisotopic (exact) mass is 264 g/mol. The Morgan fingerprint density at radius 2 is 1.74 bits per heavy atom. The maximum absolute atomic E-state index is 12.8. The van der Waals surface area contributed by atoms with E-state index in [1.165, 1.54) is 12.8 Å². The van der Waals surface area contributed by atoms with Crippen LogP contribution >= 0.6 is 0 Å². The molecule has 0 aromatic rings. The summed E-state index contributed by atoms with van der Waals surface area (Å²) in [6, 6.07) is -0.479. The molecule has 0 N–H and O–H groups in total. The first kappa shape index (κ1) is 12.9. The molecule has 3 fully saturated rings. The van der Waals surface area contributed by atoms with Gasteiger partial charge in [-0.3, -0.25) is 9.59 Å². The van der Waals surface area contributed by atoms with Crippen LogP contribution in [0.25, 0.3) is 0 Å². The van der Waals surface area contributed by atoms with Gasteiger partial charge in [-0.25, -0.2) is 0 Å². The molecule has 0 spiro atoms. The first-order valence-electron chi connectivity index (χ1n) is 7.58. The van der Waals surface area contributed by atoms with Crippen molar-refractivity contribution < 1.29 is 9.59 Å². The maximum atomic E-state index is 12.8. The largest absolute Gasteiger partial charge is 0.329 e. The van der Waals surface area contributed by atoms with E-state index in [1.54, 1.807) is 0 Å². The Hall–Kier alpha value is -1.06. The number of carbonyl (C=O) groups excluding carboxylic acids is 2. The average Bonchev–Trinajstić information content (AvgIpc) is 3.20. The molecule has 3 aliphatic rings. The van der Waals surface area contributed by atoms with Crippen LogP contribution in [0.4, 0.5) is 0 Å². The first-order valence-corrected chi connectivity index (χ1v) is 7.58. The molecular formula is C15H24N2O2. The molecule has 106 valence electrons. The minimum Gasteiger partial charge on any atom is -0.329 e. The smallest absolute Gasteiger partial charge is 0.246 e. The lowest BCUT2D eigenvalue weighted by Gasteiger charge is -2.52. The Labute approximate surface area is 115 Å². The van der Waals surface area contributed by atoms with Gasteiger partial charge < -0.3 is 9.80 Å². The second kappa shape index (κ2) is 4.22. The van der Waals surface area contributed by atoms with Crippen LogP contribution in [0, 0.1) is 5.92 Å². The highest BCUT2D eigenvalue weighted by molar-refractivity contribution is 5.97. The van der Waals surface area contributed by atoms with E-state index >= 15 is 0 Å². The van der Waals surface area contributed by atoms with Gasteiger partial charge in [-0.1, -0.05) is 0 Å². The molecule has 2 saturated heterocycles. The third kappa shape index (κ3) is 1.87. The van der Waals surface area contributed by atoms with Gasteiger partial charge in [-0.2, -0.15) is 0 Å². The summed E-state index contributed by atoms with van der Waals surface area (Å²) in [5, 5.41) is 0. The molecular weight excluding hydrogens is 240 g/mol. The number of carbonyl (C=O) groups is 2. The molecule has 2 atom stereocenters. The Morgan fingerprint density at radius 1 is 1.05 bits per heavy atom. The summed E-state index contributed by atoms with van der Waals surface area (Å²) < 4.78 is 0. The van der Waals surface area contributed by atoms with Crippen molar-refractivity contribution in [2.45, 2.75) is 70.5 Å². The summed E-state index contributed by atoms with van der Waals surface area (Å²) in [6.07, 6.45) is 5.31. The lowest BCUT2D eigenvalue weighted by atomic mass is 9.88. The Morgan fingerprint density at radius 3 is 2.37 bits per heavy atom. The van der Waals surface area contributed by atoms with Gasteiger partial charge >= 0.3 is 0 Å². The summed E-state index contributed by atoms with van der Waals surface area (Å²) in [6.45, 7) is 6.92. The molecule has 4 heteroatoms. The van der Waals surface area contributed by atoms with Crippen molar-refractivity contribution in [2.75, 3.05) is 6.54 Å². The van der Waals surface area contributed by atoms with Crippen molar-refractivity contribution in [3.63, 3.8) is 0 Å². The van der Waals surface area contributed by atoms with E-state index in [0.717, 1.165) is 25.8 Å². The van der Waals surface area contributed by atoms with Crippen LogP contribution < -0.4 is 0 Å². The molecule has 0 radical (unpaired) electrons. The number of fused-ring (bicyclic) bond motifs is 1. The fourth-order valence-corrected chi connectivity index (χ4v) is 3.92. The van der Waals surface area contributed by atoms with Crippen molar-refractivity contribution in [1.29, 1.82) is 0 Å². The van der Waals surface area contributed by atoms with Crippen molar-refractivity contribution in [1.82, 2.24) is 9.80 Å². The molecule has 3 rings (SSSR count). The zero-order valence-electron chi connectivity index (χ0n) is 12.2. The molecule has 1 aliphatic carbocycles. The molecule has 2 heterocycles. The number of amides is 2. The highest BCUT2D eigenvalue weighted by atomic mass is 16.2. The van der Waals surface area contributed by atoms with Gasteiger partial charge in [-0.15, -0.1) is 0 Å². The fourth-order valence-electron chi connectivity index (χ4n) is 3.92. The van der Waals surface area contributed by atoms with E-state index in [-0.39, 0.29) is 29.4 Å². The Kier molecular flexibility index (Phi) is 2.88. The number of piperazine rings is 1. The average molecular weight is 264 g/mol. The normalized spacial score (nSPS) is 32.6. The predicted molar refractivity (Wildman–Crippen MR) is 72.5 cm³/mol. The van der Waals surface area contributed by atoms with Crippen LogP contribution in [0.5, 0.6) is 0 Å². The molecule has 2 amide bonds.